The molecule has 0 saturated heterocycles. The lowest BCUT2D eigenvalue weighted by molar-refractivity contribution is 0.592. The number of sulfonamides is 1. The van der Waals surface area contributed by atoms with Crippen molar-refractivity contribution in [2.75, 3.05) is 0 Å². The van der Waals surface area contributed by atoms with Gasteiger partial charge in [-0.3, -0.25) is 0 Å². The van der Waals surface area contributed by atoms with Crippen LogP contribution in [-0.4, -0.2) is 8.42 Å². The molecule has 1 aromatic carbocycles. The number of primary sulfonamides is 1. The standard InChI is InChI=1S/C6H4BrClFNO2S/c7-4-1-3(9)2-5(6(4)8)13(10,11)12/h1-2H,(H2,10,11,12). The first-order valence-electron chi connectivity index (χ1n) is 2.99. The minimum atomic E-state index is -3.98. The van der Waals surface area contributed by atoms with Crippen molar-refractivity contribution in [2.24, 2.45) is 5.14 Å². The fourth-order valence-electron chi connectivity index (χ4n) is 0.739. The van der Waals surface area contributed by atoms with Gasteiger partial charge in [-0.25, -0.2) is 17.9 Å². The summed E-state index contributed by atoms with van der Waals surface area (Å²) in [5.74, 6) is -0.722. The molecule has 0 atom stereocenters. The molecular formula is C6H4BrClFNO2S. The van der Waals surface area contributed by atoms with Gasteiger partial charge in [0.2, 0.25) is 10.0 Å². The highest BCUT2D eigenvalue weighted by Crippen LogP contribution is 2.29. The smallest absolute Gasteiger partial charge is 0.225 e. The van der Waals surface area contributed by atoms with E-state index in [1.807, 2.05) is 0 Å². The highest BCUT2D eigenvalue weighted by molar-refractivity contribution is 9.10. The summed E-state index contributed by atoms with van der Waals surface area (Å²) in [4.78, 5) is -0.430. The van der Waals surface area contributed by atoms with Crippen LogP contribution in [0, 0.1) is 5.82 Å². The van der Waals surface area contributed by atoms with E-state index in [2.05, 4.69) is 15.9 Å². The number of hydrogen-bond donors (Lipinski definition) is 1. The molecule has 0 amide bonds. The van der Waals surface area contributed by atoms with Gasteiger partial charge in [-0.2, -0.15) is 0 Å². The maximum absolute atomic E-state index is 12.7. The zero-order valence-corrected chi connectivity index (χ0v) is 9.25. The predicted molar refractivity (Wildman–Crippen MR) is 50.5 cm³/mol. The van der Waals surface area contributed by atoms with E-state index in [1.54, 1.807) is 0 Å². The van der Waals surface area contributed by atoms with Gasteiger partial charge in [0.1, 0.15) is 10.7 Å². The molecular weight excluding hydrogens is 284 g/mol. The number of benzene rings is 1. The quantitative estimate of drug-likeness (QED) is 0.802. The first-order chi connectivity index (χ1) is 5.82. The first kappa shape index (κ1) is 10.9. The second-order valence-electron chi connectivity index (χ2n) is 2.24. The second kappa shape index (κ2) is 3.53. The van der Waals surface area contributed by atoms with Crippen LogP contribution in [0.5, 0.6) is 0 Å². The van der Waals surface area contributed by atoms with Crippen LogP contribution in [0.2, 0.25) is 5.02 Å². The Morgan fingerprint density at radius 2 is 2.00 bits per heavy atom. The van der Waals surface area contributed by atoms with Crippen molar-refractivity contribution >= 4 is 37.6 Å². The van der Waals surface area contributed by atoms with E-state index in [1.165, 1.54) is 0 Å². The van der Waals surface area contributed by atoms with Gasteiger partial charge < -0.3 is 0 Å². The van der Waals surface area contributed by atoms with Crippen LogP contribution in [0.4, 0.5) is 4.39 Å². The number of rotatable bonds is 1. The Kier molecular flexibility index (Phi) is 2.96. The molecule has 13 heavy (non-hydrogen) atoms. The molecule has 0 aliphatic carbocycles. The van der Waals surface area contributed by atoms with Gasteiger partial charge in [0.25, 0.3) is 0 Å². The van der Waals surface area contributed by atoms with Crippen LogP contribution in [0.15, 0.2) is 21.5 Å². The first-order valence-corrected chi connectivity index (χ1v) is 5.71. The molecule has 3 nitrogen and oxygen atoms in total. The van der Waals surface area contributed by atoms with E-state index in [9.17, 15) is 12.8 Å². The summed E-state index contributed by atoms with van der Waals surface area (Å²) < 4.78 is 34.6. The Morgan fingerprint density at radius 1 is 1.46 bits per heavy atom. The third-order valence-corrected chi connectivity index (χ3v) is 3.57. The number of hydrogen-bond acceptors (Lipinski definition) is 2. The maximum Gasteiger partial charge on any atom is 0.239 e. The Balaban J connectivity index is 3.56. The molecule has 0 saturated carbocycles. The summed E-state index contributed by atoms with van der Waals surface area (Å²) in [6.07, 6.45) is 0. The summed E-state index contributed by atoms with van der Waals surface area (Å²) in [7, 11) is -3.98. The van der Waals surface area contributed by atoms with Crippen molar-refractivity contribution < 1.29 is 12.8 Å². The predicted octanol–water partition coefficient (Wildman–Crippen LogP) is 1.89. The molecule has 0 aliphatic rings. The summed E-state index contributed by atoms with van der Waals surface area (Å²) in [6, 6.07) is 1.82. The van der Waals surface area contributed by atoms with E-state index >= 15 is 0 Å². The van der Waals surface area contributed by atoms with Crippen LogP contribution < -0.4 is 5.14 Å². The third kappa shape index (κ3) is 2.40. The Bertz CT molecular complexity index is 448. The molecule has 72 valence electrons. The SMILES string of the molecule is NS(=O)(=O)c1cc(F)cc(Br)c1Cl. The molecule has 1 aromatic rings. The lowest BCUT2D eigenvalue weighted by atomic mass is 10.3. The van der Waals surface area contributed by atoms with Crippen molar-refractivity contribution in [2.45, 2.75) is 4.90 Å². The monoisotopic (exact) mass is 287 g/mol. The van der Waals surface area contributed by atoms with Gasteiger partial charge in [-0.1, -0.05) is 11.6 Å². The summed E-state index contributed by atoms with van der Waals surface area (Å²) >= 11 is 8.47. The normalized spacial score (nSPS) is 11.7. The molecule has 0 fully saturated rings. The molecule has 0 bridgehead atoms. The van der Waals surface area contributed by atoms with E-state index in [0.717, 1.165) is 12.1 Å². The van der Waals surface area contributed by atoms with Gasteiger partial charge in [-0.05, 0) is 28.1 Å². The van der Waals surface area contributed by atoms with Crippen LogP contribution in [0.3, 0.4) is 0 Å². The molecule has 1 rings (SSSR count). The van der Waals surface area contributed by atoms with Gasteiger partial charge in [-0.15, -0.1) is 0 Å². The average molecular weight is 289 g/mol. The molecule has 0 unspecified atom stereocenters. The molecule has 0 spiro atoms. The van der Waals surface area contributed by atoms with Crippen molar-refractivity contribution in [1.82, 2.24) is 0 Å². The molecule has 7 heteroatoms. The number of halogens is 3. The van der Waals surface area contributed by atoms with E-state index in [4.69, 9.17) is 16.7 Å². The largest absolute Gasteiger partial charge is 0.239 e. The van der Waals surface area contributed by atoms with Gasteiger partial charge in [0.05, 0.1) is 5.02 Å². The molecule has 2 N–H and O–H groups in total. The second-order valence-corrected chi connectivity index (χ2v) is 5.01. The molecule has 0 aliphatic heterocycles. The molecule has 0 aromatic heterocycles. The van der Waals surface area contributed by atoms with Gasteiger partial charge in [0.15, 0.2) is 0 Å². The lowest BCUT2D eigenvalue weighted by Crippen LogP contribution is -2.13. The van der Waals surface area contributed by atoms with Crippen LogP contribution >= 0.6 is 27.5 Å². The zero-order valence-electron chi connectivity index (χ0n) is 6.09. The van der Waals surface area contributed by atoms with E-state index in [-0.39, 0.29) is 9.50 Å². The van der Waals surface area contributed by atoms with Crippen LogP contribution in [0.1, 0.15) is 0 Å². The van der Waals surface area contributed by atoms with Crippen molar-refractivity contribution in [3.05, 3.63) is 27.4 Å². The fraction of sp³-hybridized carbons (Fsp3) is 0. The Morgan fingerprint density at radius 3 is 2.46 bits per heavy atom. The van der Waals surface area contributed by atoms with Crippen LogP contribution in [0.25, 0.3) is 0 Å². The molecule has 0 radical (unpaired) electrons. The third-order valence-electron chi connectivity index (χ3n) is 1.27. The average Bonchev–Trinajstić information content (AvgIpc) is 1.94. The van der Waals surface area contributed by atoms with Gasteiger partial charge in [0, 0.05) is 4.47 Å². The summed E-state index contributed by atoms with van der Waals surface area (Å²) in [5.41, 5.74) is 0. The zero-order chi connectivity index (χ0) is 10.2. The fourth-order valence-corrected chi connectivity index (χ4v) is 2.37. The number of nitrogens with two attached hydrogens (primary N) is 1. The van der Waals surface area contributed by atoms with Crippen LogP contribution in [-0.2, 0) is 10.0 Å². The van der Waals surface area contributed by atoms with Gasteiger partial charge >= 0.3 is 0 Å². The topological polar surface area (TPSA) is 60.2 Å². The highest BCUT2D eigenvalue weighted by atomic mass is 79.9. The van der Waals surface area contributed by atoms with Crippen molar-refractivity contribution in [1.29, 1.82) is 0 Å². The van der Waals surface area contributed by atoms with Crippen molar-refractivity contribution in [3.8, 4) is 0 Å². The Hall–Kier alpha value is -0.170. The summed E-state index contributed by atoms with van der Waals surface area (Å²) in [6.45, 7) is 0. The minimum absolute atomic E-state index is 0.121. The lowest BCUT2D eigenvalue weighted by Gasteiger charge is -2.03. The minimum Gasteiger partial charge on any atom is -0.225 e. The maximum atomic E-state index is 12.7. The Labute approximate surface area is 87.9 Å². The van der Waals surface area contributed by atoms with E-state index in [0.29, 0.717) is 0 Å². The highest BCUT2D eigenvalue weighted by Gasteiger charge is 2.16. The van der Waals surface area contributed by atoms with Crippen molar-refractivity contribution in [3.63, 3.8) is 0 Å². The van der Waals surface area contributed by atoms with E-state index < -0.39 is 20.7 Å². The molecule has 0 heterocycles. The summed E-state index contributed by atoms with van der Waals surface area (Å²) in [5, 5.41) is 4.67.